The summed E-state index contributed by atoms with van der Waals surface area (Å²) in [5.74, 6) is 1.31. The van der Waals surface area contributed by atoms with Crippen LogP contribution in [-0.4, -0.2) is 6.04 Å². The van der Waals surface area contributed by atoms with Gasteiger partial charge in [-0.15, -0.1) is 0 Å². The van der Waals surface area contributed by atoms with Gasteiger partial charge in [0.15, 0.2) is 0 Å². The number of nitrogens with one attached hydrogen (secondary N) is 1. The van der Waals surface area contributed by atoms with Crippen LogP contribution in [0.25, 0.3) is 0 Å². The fourth-order valence-electron chi connectivity index (χ4n) is 2.69. The largest absolute Gasteiger partial charge is 0.381 e. The van der Waals surface area contributed by atoms with Crippen LogP contribution in [0.1, 0.15) is 33.1 Å². The zero-order valence-corrected chi connectivity index (χ0v) is 11.9. The van der Waals surface area contributed by atoms with Gasteiger partial charge < -0.3 is 5.32 Å². The van der Waals surface area contributed by atoms with Crippen LogP contribution >= 0.6 is 15.9 Å². The van der Waals surface area contributed by atoms with Crippen molar-refractivity contribution in [2.24, 2.45) is 11.8 Å². The van der Waals surface area contributed by atoms with Gasteiger partial charge in [-0.05, 0) is 65.2 Å². The maximum Gasteiger partial charge on any atom is 0.124 e. The summed E-state index contributed by atoms with van der Waals surface area (Å²) in [5, 5.41) is 3.53. The summed E-state index contributed by atoms with van der Waals surface area (Å²) >= 11 is 3.40. The van der Waals surface area contributed by atoms with E-state index in [9.17, 15) is 4.39 Å². The minimum Gasteiger partial charge on any atom is -0.381 e. The minimum absolute atomic E-state index is 0.201. The van der Waals surface area contributed by atoms with Crippen LogP contribution in [0.5, 0.6) is 0 Å². The van der Waals surface area contributed by atoms with Crippen LogP contribution in [0.4, 0.5) is 10.1 Å². The van der Waals surface area contributed by atoms with Crippen molar-refractivity contribution in [1.29, 1.82) is 0 Å². The number of hydrogen-bond donors (Lipinski definition) is 1. The zero-order chi connectivity index (χ0) is 12.4. The second-order valence-corrected chi connectivity index (χ2v) is 6.12. The third kappa shape index (κ3) is 3.21. The second-order valence-electron chi connectivity index (χ2n) is 5.27. The van der Waals surface area contributed by atoms with E-state index in [2.05, 4.69) is 35.1 Å². The summed E-state index contributed by atoms with van der Waals surface area (Å²) in [6, 6.07) is 5.33. The predicted octanol–water partition coefficient (Wildman–Crippen LogP) is 4.82. The molecule has 1 aliphatic carbocycles. The first kappa shape index (κ1) is 12.9. The monoisotopic (exact) mass is 299 g/mol. The Morgan fingerprint density at radius 1 is 1.29 bits per heavy atom. The molecule has 0 aromatic heterocycles. The molecule has 1 fully saturated rings. The van der Waals surface area contributed by atoms with Crippen LogP contribution in [0.15, 0.2) is 22.7 Å². The molecule has 0 saturated heterocycles. The standard InChI is InChI=1S/C14H19BrFN/c1-9-3-5-13(10(2)7-9)17-14-6-4-11(16)8-12(14)15/h4,6,8-10,13,17H,3,5,7H2,1-2H3. The van der Waals surface area contributed by atoms with E-state index in [-0.39, 0.29) is 5.82 Å². The first-order valence-electron chi connectivity index (χ1n) is 6.28. The number of benzene rings is 1. The average Bonchev–Trinajstić information content (AvgIpc) is 2.25. The van der Waals surface area contributed by atoms with E-state index in [0.29, 0.717) is 12.0 Å². The van der Waals surface area contributed by atoms with Crippen molar-refractivity contribution in [2.45, 2.75) is 39.2 Å². The lowest BCUT2D eigenvalue weighted by atomic mass is 9.80. The molecule has 0 aliphatic heterocycles. The fourth-order valence-corrected chi connectivity index (χ4v) is 3.15. The molecule has 0 amide bonds. The quantitative estimate of drug-likeness (QED) is 0.825. The zero-order valence-electron chi connectivity index (χ0n) is 10.3. The van der Waals surface area contributed by atoms with Gasteiger partial charge in [-0.2, -0.15) is 0 Å². The molecule has 0 spiro atoms. The first-order chi connectivity index (χ1) is 8.06. The number of halogens is 2. The highest BCUT2D eigenvalue weighted by Crippen LogP contribution is 2.32. The topological polar surface area (TPSA) is 12.0 Å². The summed E-state index contributed by atoms with van der Waals surface area (Å²) < 4.78 is 13.8. The lowest BCUT2D eigenvalue weighted by Crippen LogP contribution is -2.33. The van der Waals surface area contributed by atoms with Crippen molar-refractivity contribution >= 4 is 21.6 Å². The number of hydrogen-bond acceptors (Lipinski definition) is 1. The van der Waals surface area contributed by atoms with E-state index in [1.165, 1.54) is 31.4 Å². The maximum atomic E-state index is 13.0. The molecule has 17 heavy (non-hydrogen) atoms. The molecule has 1 nitrogen and oxygen atoms in total. The van der Waals surface area contributed by atoms with Gasteiger partial charge in [0.25, 0.3) is 0 Å². The van der Waals surface area contributed by atoms with Gasteiger partial charge >= 0.3 is 0 Å². The van der Waals surface area contributed by atoms with E-state index >= 15 is 0 Å². The van der Waals surface area contributed by atoms with Crippen molar-refractivity contribution in [3.63, 3.8) is 0 Å². The highest BCUT2D eigenvalue weighted by Gasteiger charge is 2.25. The van der Waals surface area contributed by atoms with Gasteiger partial charge in [0, 0.05) is 16.2 Å². The molecule has 3 heteroatoms. The normalized spacial score (nSPS) is 29.1. The molecule has 0 bridgehead atoms. The summed E-state index contributed by atoms with van der Waals surface area (Å²) in [5.41, 5.74) is 0.998. The Morgan fingerprint density at radius 2 is 2.06 bits per heavy atom. The van der Waals surface area contributed by atoms with Crippen LogP contribution in [0.2, 0.25) is 0 Å². The van der Waals surface area contributed by atoms with Gasteiger partial charge in [-0.3, -0.25) is 0 Å². The molecular formula is C14H19BrFN. The average molecular weight is 300 g/mol. The summed E-state index contributed by atoms with van der Waals surface area (Å²) in [6.45, 7) is 4.62. The molecule has 1 aromatic carbocycles. The van der Waals surface area contributed by atoms with E-state index in [1.54, 1.807) is 0 Å². The van der Waals surface area contributed by atoms with Crippen molar-refractivity contribution in [2.75, 3.05) is 5.32 Å². The third-order valence-electron chi connectivity index (χ3n) is 3.70. The molecule has 2 rings (SSSR count). The molecule has 1 N–H and O–H groups in total. The Morgan fingerprint density at radius 3 is 2.71 bits per heavy atom. The third-order valence-corrected chi connectivity index (χ3v) is 4.36. The lowest BCUT2D eigenvalue weighted by molar-refractivity contribution is 0.276. The molecule has 0 radical (unpaired) electrons. The maximum absolute atomic E-state index is 13.0. The first-order valence-corrected chi connectivity index (χ1v) is 7.07. The highest BCUT2D eigenvalue weighted by atomic mass is 79.9. The van der Waals surface area contributed by atoms with Crippen LogP contribution in [-0.2, 0) is 0 Å². The second kappa shape index (κ2) is 5.38. The smallest absolute Gasteiger partial charge is 0.124 e. The van der Waals surface area contributed by atoms with Gasteiger partial charge in [0.05, 0.1) is 0 Å². The minimum atomic E-state index is -0.201. The van der Waals surface area contributed by atoms with Crippen molar-refractivity contribution in [1.82, 2.24) is 0 Å². The van der Waals surface area contributed by atoms with Gasteiger partial charge in [-0.1, -0.05) is 13.8 Å². The van der Waals surface area contributed by atoms with Gasteiger partial charge in [-0.25, -0.2) is 4.39 Å². The summed E-state index contributed by atoms with van der Waals surface area (Å²) in [6.07, 6.45) is 3.75. The fraction of sp³-hybridized carbons (Fsp3) is 0.571. The highest BCUT2D eigenvalue weighted by molar-refractivity contribution is 9.10. The van der Waals surface area contributed by atoms with E-state index in [0.717, 1.165) is 16.1 Å². The molecule has 1 aliphatic rings. The number of anilines is 1. The Bertz CT molecular complexity index is 394. The van der Waals surface area contributed by atoms with Crippen LogP contribution < -0.4 is 5.32 Å². The van der Waals surface area contributed by atoms with E-state index < -0.39 is 0 Å². The van der Waals surface area contributed by atoms with E-state index in [1.807, 2.05) is 6.07 Å². The Labute approximate surface area is 111 Å². The molecule has 3 unspecified atom stereocenters. The number of rotatable bonds is 2. The summed E-state index contributed by atoms with van der Waals surface area (Å²) in [4.78, 5) is 0. The molecular weight excluding hydrogens is 281 g/mol. The van der Waals surface area contributed by atoms with Crippen molar-refractivity contribution < 1.29 is 4.39 Å². The van der Waals surface area contributed by atoms with Crippen LogP contribution in [0.3, 0.4) is 0 Å². The van der Waals surface area contributed by atoms with Gasteiger partial charge in [0.2, 0.25) is 0 Å². The SMILES string of the molecule is CC1CCC(Nc2ccc(F)cc2Br)C(C)C1. The van der Waals surface area contributed by atoms with Gasteiger partial charge in [0.1, 0.15) is 5.82 Å². The Kier molecular flexibility index (Phi) is 4.08. The summed E-state index contributed by atoms with van der Waals surface area (Å²) in [7, 11) is 0. The predicted molar refractivity (Wildman–Crippen MR) is 73.7 cm³/mol. The molecule has 94 valence electrons. The molecule has 1 saturated carbocycles. The Balaban J connectivity index is 2.05. The van der Waals surface area contributed by atoms with E-state index in [4.69, 9.17) is 0 Å². The Hall–Kier alpha value is -0.570. The molecule has 0 heterocycles. The van der Waals surface area contributed by atoms with Crippen molar-refractivity contribution in [3.8, 4) is 0 Å². The lowest BCUT2D eigenvalue weighted by Gasteiger charge is -2.34. The van der Waals surface area contributed by atoms with Crippen LogP contribution in [0, 0.1) is 17.7 Å². The molecule has 3 atom stereocenters. The van der Waals surface area contributed by atoms with Crippen molar-refractivity contribution in [3.05, 3.63) is 28.5 Å². The molecule has 1 aromatic rings.